The van der Waals surface area contributed by atoms with Crippen molar-refractivity contribution >= 4 is 27.3 Å². The molecule has 0 bridgehead atoms. The molecule has 0 aliphatic rings. The molecule has 0 saturated carbocycles. The van der Waals surface area contributed by atoms with Crippen LogP contribution >= 0.6 is 0 Å². The van der Waals surface area contributed by atoms with E-state index in [0.29, 0.717) is 22.9 Å². The number of hydrogen-bond acceptors (Lipinski definition) is 5. The number of nitrogens with one attached hydrogen (secondary N) is 1. The van der Waals surface area contributed by atoms with Gasteiger partial charge in [-0.05, 0) is 62.4 Å². The summed E-state index contributed by atoms with van der Waals surface area (Å²) in [5, 5.41) is 2.68. The minimum absolute atomic E-state index is 0.0112. The Morgan fingerprint density at radius 1 is 1.04 bits per heavy atom. The molecule has 0 saturated heterocycles. The maximum absolute atomic E-state index is 12.3. The van der Waals surface area contributed by atoms with Gasteiger partial charge in [-0.3, -0.25) is 9.10 Å². The smallest absolute Gasteiger partial charge is 0.245 e. The maximum Gasteiger partial charge on any atom is 0.245 e. The molecule has 2 aromatic carbocycles. The van der Waals surface area contributed by atoms with Crippen molar-refractivity contribution < 1.29 is 22.7 Å². The Kier molecular flexibility index (Phi) is 6.68. The first kappa shape index (κ1) is 20.6. The average molecular weight is 392 g/mol. The van der Waals surface area contributed by atoms with Gasteiger partial charge < -0.3 is 14.8 Å². The lowest BCUT2D eigenvalue weighted by Gasteiger charge is -2.22. The number of nitrogens with zero attached hydrogens (tertiary/aromatic N) is 1. The Labute approximate surface area is 160 Å². The highest BCUT2D eigenvalue weighted by Gasteiger charge is 2.21. The van der Waals surface area contributed by atoms with Crippen LogP contribution in [0.5, 0.6) is 11.5 Å². The van der Waals surface area contributed by atoms with Gasteiger partial charge in [0.15, 0.2) is 0 Å². The van der Waals surface area contributed by atoms with Crippen LogP contribution in [0.2, 0.25) is 0 Å². The zero-order valence-corrected chi connectivity index (χ0v) is 16.6. The minimum Gasteiger partial charge on any atom is -0.497 e. The summed E-state index contributed by atoms with van der Waals surface area (Å²) < 4.78 is 36.0. The highest BCUT2D eigenvalue weighted by atomic mass is 32.2. The molecule has 0 radical (unpaired) electrons. The van der Waals surface area contributed by atoms with Crippen LogP contribution < -0.4 is 19.1 Å². The number of amides is 1. The average Bonchev–Trinajstić information content (AvgIpc) is 2.60. The van der Waals surface area contributed by atoms with E-state index in [1.807, 2.05) is 13.8 Å². The van der Waals surface area contributed by atoms with E-state index in [9.17, 15) is 13.2 Å². The number of anilines is 2. The van der Waals surface area contributed by atoms with Crippen LogP contribution in [0, 0.1) is 0 Å². The number of methoxy groups -OCH3 is 1. The van der Waals surface area contributed by atoms with Crippen LogP contribution in [0.3, 0.4) is 0 Å². The van der Waals surface area contributed by atoms with Gasteiger partial charge in [-0.2, -0.15) is 0 Å². The van der Waals surface area contributed by atoms with Crippen molar-refractivity contribution in [3.63, 3.8) is 0 Å². The second-order valence-electron chi connectivity index (χ2n) is 6.21. The third-order valence-electron chi connectivity index (χ3n) is 3.56. The number of carbonyl (C=O) groups excluding carboxylic acids is 1. The summed E-state index contributed by atoms with van der Waals surface area (Å²) in [5.41, 5.74) is 0.938. The predicted octanol–water partition coefficient (Wildman–Crippen LogP) is 2.89. The molecular formula is C19H24N2O5S. The molecule has 2 rings (SSSR count). The second-order valence-corrected chi connectivity index (χ2v) is 8.11. The van der Waals surface area contributed by atoms with E-state index in [0.717, 1.165) is 10.6 Å². The molecule has 1 amide bonds. The van der Waals surface area contributed by atoms with Crippen molar-refractivity contribution in [3.8, 4) is 11.5 Å². The molecule has 2 aromatic rings. The predicted molar refractivity (Wildman–Crippen MR) is 106 cm³/mol. The van der Waals surface area contributed by atoms with E-state index in [-0.39, 0.29) is 12.6 Å². The highest BCUT2D eigenvalue weighted by Crippen LogP contribution is 2.22. The van der Waals surface area contributed by atoms with Crippen molar-refractivity contribution in [2.75, 3.05) is 29.5 Å². The summed E-state index contributed by atoms with van der Waals surface area (Å²) in [4.78, 5) is 12.3. The van der Waals surface area contributed by atoms with Gasteiger partial charge in [-0.25, -0.2) is 8.42 Å². The number of benzene rings is 2. The molecule has 8 heteroatoms. The molecule has 0 aromatic heterocycles. The topological polar surface area (TPSA) is 84.9 Å². The quantitative estimate of drug-likeness (QED) is 0.747. The van der Waals surface area contributed by atoms with Crippen molar-refractivity contribution in [1.29, 1.82) is 0 Å². The molecule has 0 heterocycles. The Morgan fingerprint density at radius 3 is 2.07 bits per heavy atom. The Morgan fingerprint density at radius 2 is 1.59 bits per heavy atom. The van der Waals surface area contributed by atoms with E-state index in [1.54, 1.807) is 55.6 Å². The number of sulfonamides is 1. The van der Waals surface area contributed by atoms with Gasteiger partial charge in [0.25, 0.3) is 0 Å². The molecule has 27 heavy (non-hydrogen) atoms. The monoisotopic (exact) mass is 392 g/mol. The summed E-state index contributed by atoms with van der Waals surface area (Å²) >= 11 is 0. The third kappa shape index (κ3) is 6.18. The van der Waals surface area contributed by atoms with E-state index in [2.05, 4.69) is 5.32 Å². The second kappa shape index (κ2) is 8.77. The molecule has 0 fully saturated rings. The number of carbonyl (C=O) groups is 1. The number of hydrogen-bond donors (Lipinski definition) is 1. The van der Waals surface area contributed by atoms with E-state index in [4.69, 9.17) is 9.47 Å². The molecule has 0 aliphatic heterocycles. The fourth-order valence-corrected chi connectivity index (χ4v) is 3.22. The largest absolute Gasteiger partial charge is 0.497 e. The zero-order chi connectivity index (χ0) is 20.0. The van der Waals surface area contributed by atoms with E-state index >= 15 is 0 Å². The maximum atomic E-state index is 12.3. The van der Waals surface area contributed by atoms with Crippen LogP contribution in [0.1, 0.15) is 13.8 Å². The molecular weight excluding hydrogens is 368 g/mol. The first-order valence-corrected chi connectivity index (χ1v) is 10.2. The van der Waals surface area contributed by atoms with Crippen molar-refractivity contribution in [1.82, 2.24) is 0 Å². The third-order valence-corrected chi connectivity index (χ3v) is 4.70. The normalized spacial score (nSPS) is 11.1. The van der Waals surface area contributed by atoms with E-state index < -0.39 is 15.9 Å². The summed E-state index contributed by atoms with van der Waals surface area (Å²) in [5.74, 6) is 0.840. The van der Waals surface area contributed by atoms with Gasteiger partial charge in [0.05, 0.1) is 25.2 Å². The standard InChI is InChI=1S/C19H24N2O5S/c1-14(2)26-18-11-7-16(8-12-18)21(27(4,23)24)13-19(22)20-15-5-9-17(25-3)10-6-15/h5-12,14H,13H2,1-4H3,(H,20,22). The lowest BCUT2D eigenvalue weighted by atomic mass is 10.3. The number of ether oxygens (including phenoxy) is 2. The first-order valence-electron chi connectivity index (χ1n) is 8.37. The lowest BCUT2D eigenvalue weighted by Crippen LogP contribution is -2.37. The highest BCUT2D eigenvalue weighted by molar-refractivity contribution is 7.92. The summed E-state index contributed by atoms with van der Waals surface area (Å²) in [7, 11) is -2.09. The van der Waals surface area contributed by atoms with Gasteiger partial charge in [0, 0.05) is 5.69 Å². The molecule has 0 aliphatic carbocycles. The van der Waals surface area contributed by atoms with Crippen LogP contribution in [0.4, 0.5) is 11.4 Å². The zero-order valence-electron chi connectivity index (χ0n) is 15.8. The first-order chi connectivity index (χ1) is 12.7. The van der Waals surface area contributed by atoms with Gasteiger partial charge in [-0.1, -0.05) is 0 Å². The summed E-state index contributed by atoms with van der Waals surface area (Å²) in [6, 6.07) is 13.3. The molecule has 7 nitrogen and oxygen atoms in total. The van der Waals surface area contributed by atoms with Crippen LogP contribution in [-0.2, 0) is 14.8 Å². The van der Waals surface area contributed by atoms with Crippen molar-refractivity contribution in [3.05, 3.63) is 48.5 Å². The number of rotatable bonds is 8. The summed E-state index contributed by atoms with van der Waals surface area (Å²) in [6.07, 6.45) is 1.07. The molecule has 0 spiro atoms. The van der Waals surface area contributed by atoms with Gasteiger partial charge >= 0.3 is 0 Å². The Balaban J connectivity index is 2.13. The molecule has 1 N–H and O–H groups in total. The van der Waals surface area contributed by atoms with Gasteiger partial charge in [0.1, 0.15) is 18.0 Å². The van der Waals surface area contributed by atoms with Gasteiger partial charge in [0.2, 0.25) is 15.9 Å². The fraction of sp³-hybridized carbons (Fsp3) is 0.316. The minimum atomic E-state index is -3.64. The van der Waals surface area contributed by atoms with Crippen molar-refractivity contribution in [2.24, 2.45) is 0 Å². The van der Waals surface area contributed by atoms with Gasteiger partial charge in [-0.15, -0.1) is 0 Å². The molecule has 146 valence electrons. The Hall–Kier alpha value is -2.74. The summed E-state index contributed by atoms with van der Waals surface area (Å²) in [6.45, 7) is 3.47. The fourth-order valence-electron chi connectivity index (χ4n) is 2.37. The lowest BCUT2D eigenvalue weighted by molar-refractivity contribution is -0.114. The van der Waals surface area contributed by atoms with E-state index in [1.165, 1.54) is 0 Å². The van der Waals surface area contributed by atoms with Crippen LogP contribution in [-0.4, -0.2) is 40.3 Å². The Bertz CT molecular complexity index is 862. The SMILES string of the molecule is COc1ccc(NC(=O)CN(c2ccc(OC(C)C)cc2)S(C)(=O)=O)cc1. The van der Waals surface area contributed by atoms with Crippen LogP contribution in [0.15, 0.2) is 48.5 Å². The molecule has 0 unspecified atom stereocenters. The molecule has 0 atom stereocenters. The van der Waals surface area contributed by atoms with Crippen molar-refractivity contribution in [2.45, 2.75) is 20.0 Å². The van der Waals surface area contributed by atoms with Crippen LogP contribution in [0.25, 0.3) is 0 Å².